The third-order valence-corrected chi connectivity index (χ3v) is 1.56. The van der Waals surface area contributed by atoms with Crippen molar-refractivity contribution in [3.8, 4) is 0 Å². The summed E-state index contributed by atoms with van der Waals surface area (Å²) in [6.07, 6.45) is 2.57. The molecule has 60 valence electrons. The Hall–Kier alpha value is -1.78. The van der Waals surface area contributed by atoms with Crippen LogP contribution in [0.3, 0.4) is 0 Å². The van der Waals surface area contributed by atoms with Crippen LogP contribution in [-0.4, -0.2) is 15.2 Å². The van der Waals surface area contributed by atoms with Crippen LogP contribution in [0, 0.1) is 6.92 Å². The fourth-order valence-electron chi connectivity index (χ4n) is 0.982. The van der Waals surface area contributed by atoms with Crippen LogP contribution in [0.2, 0.25) is 0 Å². The number of fused-ring (bicyclic) bond motifs is 1. The Morgan fingerprint density at radius 2 is 2.33 bits per heavy atom. The van der Waals surface area contributed by atoms with Crippen molar-refractivity contribution < 1.29 is 4.42 Å². The molecule has 2 heterocycles. The lowest BCUT2D eigenvalue weighted by Gasteiger charge is -1.94. The van der Waals surface area contributed by atoms with Gasteiger partial charge in [0.25, 0.3) is 11.3 Å². The van der Waals surface area contributed by atoms with Gasteiger partial charge >= 0.3 is 0 Å². The van der Waals surface area contributed by atoms with Crippen molar-refractivity contribution in [3.05, 3.63) is 28.5 Å². The fourth-order valence-corrected chi connectivity index (χ4v) is 0.982. The second-order valence-electron chi connectivity index (χ2n) is 2.37. The van der Waals surface area contributed by atoms with Crippen molar-refractivity contribution in [2.24, 2.45) is 0 Å². The minimum atomic E-state index is -0.330. The van der Waals surface area contributed by atoms with E-state index in [9.17, 15) is 4.79 Å². The van der Waals surface area contributed by atoms with E-state index in [2.05, 4.69) is 15.2 Å². The van der Waals surface area contributed by atoms with Crippen LogP contribution in [0.15, 0.2) is 21.8 Å². The Bertz CT molecular complexity index is 472. The minimum absolute atomic E-state index is 0.231. The molecule has 0 radical (unpaired) electrons. The summed E-state index contributed by atoms with van der Waals surface area (Å²) in [6.45, 7) is 1.76. The predicted molar refractivity (Wildman–Crippen MR) is 40.6 cm³/mol. The van der Waals surface area contributed by atoms with Gasteiger partial charge in [-0.15, -0.1) is 5.10 Å². The van der Waals surface area contributed by atoms with E-state index >= 15 is 0 Å². The van der Waals surface area contributed by atoms with Gasteiger partial charge in [-0.1, -0.05) is 0 Å². The normalized spacial score (nSPS) is 10.4. The van der Waals surface area contributed by atoms with E-state index in [1.165, 1.54) is 6.20 Å². The lowest BCUT2D eigenvalue weighted by Crippen LogP contribution is -2.07. The molecule has 5 nitrogen and oxygen atoms in total. The topological polar surface area (TPSA) is 68.9 Å². The van der Waals surface area contributed by atoms with Crippen molar-refractivity contribution in [1.29, 1.82) is 0 Å². The Labute approximate surface area is 67.1 Å². The molecule has 0 saturated carbocycles. The molecule has 0 saturated heterocycles. The quantitative estimate of drug-likeness (QED) is 0.558. The Morgan fingerprint density at radius 3 is 3.08 bits per heavy atom. The number of hydrogen-bond donors (Lipinski definition) is 0. The number of aryl methyl sites for hydroxylation is 1. The molecule has 0 fully saturated rings. The summed E-state index contributed by atoms with van der Waals surface area (Å²) in [6, 6.07) is 0. The molecule has 2 aromatic rings. The smallest absolute Gasteiger partial charge is 0.285 e. The average molecular weight is 163 g/mol. The minimum Gasteiger partial charge on any atom is -0.425 e. The van der Waals surface area contributed by atoms with Gasteiger partial charge in [0.05, 0.1) is 6.20 Å². The third kappa shape index (κ3) is 0.868. The lowest BCUT2D eigenvalue weighted by atomic mass is 10.2. The maximum absolute atomic E-state index is 11.2. The average Bonchev–Trinajstić information content (AvgIpc) is 2.04. The SMILES string of the molecule is Cc1cnnc2ocnc(=O)c12. The molecule has 0 amide bonds. The molecule has 0 N–H and O–H groups in total. The van der Waals surface area contributed by atoms with Crippen LogP contribution in [0.25, 0.3) is 11.1 Å². The molecular formula is C7H5N3O2. The third-order valence-electron chi connectivity index (χ3n) is 1.56. The lowest BCUT2D eigenvalue weighted by molar-refractivity contribution is 0.558. The van der Waals surface area contributed by atoms with Crippen LogP contribution in [0.4, 0.5) is 0 Å². The highest BCUT2D eigenvalue weighted by Crippen LogP contribution is 2.07. The first-order valence-corrected chi connectivity index (χ1v) is 3.35. The van der Waals surface area contributed by atoms with Crippen molar-refractivity contribution in [2.45, 2.75) is 6.92 Å². The number of hydrogen-bond acceptors (Lipinski definition) is 5. The molecule has 0 aliphatic rings. The standard InChI is InChI=1S/C7H5N3O2/c1-4-2-9-10-7-5(4)6(11)8-3-12-7/h2-3H,1H3. The second-order valence-corrected chi connectivity index (χ2v) is 2.37. The van der Waals surface area contributed by atoms with Crippen LogP contribution in [0.1, 0.15) is 5.56 Å². The first-order chi connectivity index (χ1) is 5.79. The molecule has 5 heteroatoms. The molecular weight excluding hydrogens is 158 g/mol. The zero-order valence-electron chi connectivity index (χ0n) is 6.31. The highest BCUT2D eigenvalue weighted by atomic mass is 16.3. The van der Waals surface area contributed by atoms with E-state index in [4.69, 9.17) is 4.42 Å². The zero-order valence-corrected chi connectivity index (χ0v) is 6.31. The predicted octanol–water partition coefficient (Wildman–Crippen LogP) is 0.286. The summed E-state index contributed by atoms with van der Waals surface area (Å²) < 4.78 is 4.89. The summed E-state index contributed by atoms with van der Waals surface area (Å²) in [5, 5.41) is 7.69. The molecule has 0 aliphatic carbocycles. The Morgan fingerprint density at radius 1 is 1.50 bits per heavy atom. The van der Waals surface area contributed by atoms with Crippen LogP contribution in [-0.2, 0) is 0 Å². The van der Waals surface area contributed by atoms with Crippen LogP contribution >= 0.6 is 0 Å². The first kappa shape index (κ1) is 6.90. The second kappa shape index (κ2) is 2.37. The maximum atomic E-state index is 11.2. The zero-order chi connectivity index (χ0) is 8.55. The van der Waals surface area contributed by atoms with Gasteiger partial charge in [-0.3, -0.25) is 4.79 Å². The Kier molecular flexibility index (Phi) is 1.36. The van der Waals surface area contributed by atoms with Gasteiger partial charge in [0.1, 0.15) is 5.39 Å². The number of rotatable bonds is 0. The van der Waals surface area contributed by atoms with E-state index in [1.807, 2.05) is 0 Å². The molecule has 2 aromatic heterocycles. The van der Waals surface area contributed by atoms with E-state index in [0.29, 0.717) is 5.39 Å². The summed E-state index contributed by atoms with van der Waals surface area (Å²) in [4.78, 5) is 14.6. The van der Waals surface area contributed by atoms with E-state index in [-0.39, 0.29) is 11.3 Å². The first-order valence-electron chi connectivity index (χ1n) is 3.35. The van der Waals surface area contributed by atoms with E-state index in [1.54, 1.807) is 6.92 Å². The summed E-state index contributed by atoms with van der Waals surface area (Å²) in [7, 11) is 0. The molecule has 0 aliphatic heterocycles. The summed E-state index contributed by atoms with van der Waals surface area (Å²) >= 11 is 0. The van der Waals surface area contributed by atoms with Gasteiger partial charge < -0.3 is 4.42 Å². The molecule has 0 unspecified atom stereocenters. The van der Waals surface area contributed by atoms with Crippen molar-refractivity contribution >= 4 is 11.1 Å². The maximum Gasteiger partial charge on any atom is 0.285 e. The van der Waals surface area contributed by atoms with Gasteiger partial charge in [-0.05, 0) is 12.5 Å². The summed E-state index contributed by atoms with van der Waals surface area (Å²) in [5.74, 6) is 0. The van der Waals surface area contributed by atoms with Gasteiger partial charge in [0, 0.05) is 0 Å². The number of aromatic nitrogens is 3. The molecule has 0 bridgehead atoms. The molecule has 2 rings (SSSR count). The molecule has 0 atom stereocenters. The van der Waals surface area contributed by atoms with Crippen molar-refractivity contribution in [3.63, 3.8) is 0 Å². The van der Waals surface area contributed by atoms with Gasteiger partial charge in [-0.25, -0.2) is 0 Å². The van der Waals surface area contributed by atoms with E-state index in [0.717, 1.165) is 12.0 Å². The number of nitrogens with zero attached hydrogens (tertiary/aromatic N) is 3. The monoisotopic (exact) mass is 163 g/mol. The van der Waals surface area contributed by atoms with Crippen LogP contribution < -0.4 is 5.56 Å². The highest BCUT2D eigenvalue weighted by Gasteiger charge is 2.04. The Balaban J connectivity index is 3.07. The van der Waals surface area contributed by atoms with Crippen molar-refractivity contribution in [1.82, 2.24) is 15.2 Å². The van der Waals surface area contributed by atoms with Crippen molar-refractivity contribution in [2.75, 3.05) is 0 Å². The molecule has 0 aromatic carbocycles. The van der Waals surface area contributed by atoms with Gasteiger partial charge in [0.2, 0.25) is 0 Å². The largest absolute Gasteiger partial charge is 0.425 e. The van der Waals surface area contributed by atoms with E-state index < -0.39 is 0 Å². The highest BCUT2D eigenvalue weighted by molar-refractivity contribution is 5.73. The summed E-state index contributed by atoms with van der Waals surface area (Å²) in [5.41, 5.74) is 0.625. The van der Waals surface area contributed by atoms with Gasteiger partial charge in [-0.2, -0.15) is 10.1 Å². The van der Waals surface area contributed by atoms with Crippen LogP contribution in [0.5, 0.6) is 0 Å². The van der Waals surface area contributed by atoms with Gasteiger partial charge in [0.15, 0.2) is 6.39 Å². The molecule has 12 heavy (non-hydrogen) atoms. The fraction of sp³-hybridized carbons (Fsp3) is 0.143. The molecule has 0 spiro atoms.